The van der Waals surface area contributed by atoms with Gasteiger partial charge in [-0.2, -0.15) is 0 Å². The predicted octanol–water partition coefficient (Wildman–Crippen LogP) is 2.44. The highest BCUT2D eigenvalue weighted by Gasteiger charge is 2.18. The van der Waals surface area contributed by atoms with E-state index < -0.39 is 12.1 Å². The summed E-state index contributed by atoms with van der Waals surface area (Å²) in [6.07, 6.45) is -1.01. The Morgan fingerprint density at radius 1 is 1.53 bits per heavy atom. The highest BCUT2D eigenvalue weighted by atomic mass is 79.9. The molecular weight excluding hydrogens is 288 g/mol. The molecule has 1 atom stereocenters. The Morgan fingerprint density at radius 2 is 2.24 bits per heavy atom. The fourth-order valence-electron chi connectivity index (χ4n) is 1.45. The zero-order valence-electron chi connectivity index (χ0n) is 9.77. The van der Waals surface area contributed by atoms with Gasteiger partial charge < -0.3 is 14.6 Å². The van der Waals surface area contributed by atoms with Gasteiger partial charge in [0, 0.05) is 10.0 Å². The van der Waals surface area contributed by atoms with Crippen LogP contribution in [-0.2, 0) is 9.53 Å². The van der Waals surface area contributed by atoms with E-state index in [1.54, 1.807) is 25.1 Å². The lowest BCUT2D eigenvalue weighted by atomic mass is 10.1. The highest BCUT2D eigenvalue weighted by Crippen LogP contribution is 2.30. The molecule has 17 heavy (non-hydrogen) atoms. The molecule has 1 rings (SSSR count). The van der Waals surface area contributed by atoms with Gasteiger partial charge >= 0.3 is 5.97 Å². The minimum atomic E-state index is -0.929. The molecule has 0 amide bonds. The molecule has 0 aliphatic rings. The molecule has 0 fully saturated rings. The fourth-order valence-corrected chi connectivity index (χ4v) is 1.83. The van der Waals surface area contributed by atoms with Gasteiger partial charge in [0.2, 0.25) is 0 Å². The number of aliphatic hydroxyl groups is 1. The molecule has 0 heterocycles. The van der Waals surface area contributed by atoms with E-state index in [9.17, 15) is 9.90 Å². The number of carbonyl (C=O) groups excluding carboxylic acids is 1. The van der Waals surface area contributed by atoms with Gasteiger partial charge in [-0.05, 0) is 25.1 Å². The van der Waals surface area contributed by atoms with Crippen molar-refractivity contribution in [3.05, 3.63) is 28.2 Å². The van der Waals surface area contributed by atoms with E-state index in [4.69, 9.17) is 9.47 Å². The van der Waals surface area contributed by atoms with Crippen LogP contribution in [0.15, 0.2) is 22.7 Å². The van der Waals surface area contributed by atoms with Crippen molar-refractivity contribution in [3.8, 4) is 5.75 Å². The lowest BCUT2D eigenvalue weighted by Gasteiger charge is -2.14. The van der Waals surface area contributed by atoms with Crippen LogP contribution in [-0.4, -0.2) is 24.8 Å². The van der Waals surface area contributed by atoms with Gasteiger partial charge in [-0.3, -0.25) is 4.79 Å². The number of hydrogen-bond donors (Lipinski definition) is 1. The lowest BCUT2D eigenvalue weighted by Crippen LogP contribution is -2.10. The Morgan fingerprint density at radius 3 is 2.82 bits per heavy atom. The fraction of sp³-hybridized carbons (Fsp3) is 0.417. The Hall–Kier alpha value is -1.07. The summed E-state index contributed by atoms with van der Waals surface area (Å²) in [4.78, 5) is 11.3. The normalized spacial score (nSPS) is 12.0. The molecule has 0 aromatic heterocycles. The first kappa shape index (κ1) is 14.0. The second-order valence-electron chi connectivity index (χ2n) is 3.41. The van der Waals surface area contributed by atoms with Crippen LogP contribution in [0.2, 0.25) is 0 Å². The number of rotatable bonds is 5. The van der Waals surface area contributed by atoms with Crippen molar-refractivity contribution < 1.29 is 19.4 Å². The standard InChI is InChI=1S/C12H15BrO4/c1-3-17-12(15)7-10(14)9-6-8(13)4-5-11(9)16-2/h4-6,10,14H,3,7H2,1-2H3/t10-/m1/s1. The Bertz CT molecular complexity index is 392. The number of aliphatic hydroxyl groups excluding tert-OH is 1. The van der Waals surface area contributed by atoms with Crippen molar-refractivity contribution >= 4 is 21.9 Å². The third-order valence-corrected chi connectivity index (χ3v) is 2.71. The summed E-state index contributed by atoms with van der Waals surface area (Å²) >= 11 is 3.31. The van der Waals surface area contributed by atoms with Crippen LogP contribution in [0.1, 0.15) is 25.0 Å². The SMILES string of the molecule is CCOC(=O)C[C@@H](O)c1cc(Br)ccc1OC. The molecule has 0 unspecified atom stereocenters. The quantitative estimate of drug-likeness (QED) is 0.849. The minimum absolute atomic E-state index is 0.0827. The number of benzene rings is 1. The van der Waals surface area contributed by atoms with Crippen LogP contribution in [0.4, 0.5) is 0 Å². The van der Waals surface area contributed by atoms with Crippen LogP contribution < -0.4 is 4.74 Å². The summed E-state index contributed by atoms with van der Waals surface area (Å²) in [5.74, 6) is 0.118. The monoisotopic (exact) mass is 302 g/mol. The van der Waals surface area contributed by atoms with Crippen LogP contribution in [0.3, 0.4) is 0 Å². The molecule has 4 nitrogen and oxygen atoms in total. The summed E-state index contributed by atoms with van der Waals surface area (Å²) in [6.45, 7) is 2.03. The molecule has 1 N–H and O–H groups in total. The molecule has 1 aromatic carbocycles. The van der Waals surface area contributed by atoms with Crippen molar-refractivity contribution in [1.29, 1.82) is 0 Å². The number of carbonyl (C=O) groups is 1. The first-order chi connectivity index (χ1) is 8.08. The topological polar surface area (TPSA) is 55.8 Å². The number of methoxy groups -OCH3 is 1. The van der Waals surface area contributed by atoms with Crippen molar-refractivity contribution in [1.82, 2.24) is 0 Å². The smallest absolute Gasteiger partial charge is 0.308 e. The van der Waals surface area contributed by atoms with Gasteiger partial charge in [-0.25, -0.2) is 0 Å². The van der Waals surface area contributed by atoms with Gasteiger partial charge in [-0.15, -0.1) is 0 Å². The molecule has 0 saturated heterocycles. The highest BCUT2D eigenvalue weighted by molar-refractivity contribution is 9.10. The number of hydrogen-bond acceptors (Lipinski definition) is 4. The van der Waals surface area contributed by atoms with E-state index in [1.807, 2.05) is 0 Å². The number of esters is 1. The number of ether oxygens (including phenoxy) is 2. The molecule has 0 saturated carbocycles. The molecule has 0 aliphatic heterocycles. The number of halogens is 1. The van der Waals surface area contributed by atoms with Crippen molar-refractivity contribution in [2.45, 2.75) is 19.4 Å². The maximum Gasteiger partial charge on any atom is 0.308 e. The summed E-state index contributed by atoms with van der Waals surface area (Å²) < 4.78 is 10.7. The summed E-state index contributed by atoms with van der Waals surface area (Å²) in [5, 5.41) is 9.95. The Labute approximate surface area is 109 Å². The summed E-state index contributed by atoms with van der Waals surface area (Å²) in [7, 11) is 1.52. The van der Waals surface area contributed by atoms with Crippen LogP contribution in [0.25, 0.3) is 0 Å². The summed E-state index contributed by atoms with van der Waals surface area (Å²) in [5.41, 5.74) is 0.565. The van der Waals surface area contributed by atoms with Crippen LogP contribution in [0, 0.1) is 0 Å². The van der Waals surface area contributed by atoms with Crippen LogP contribution in [0.5, 0.6) is 5.75 Å². The maximum atomic E-state index is 11.3. The van der Waals surface area contributed by atoms with Crippen molar-refractivity contribution in [2.75, 3.05) is 13.7 Å². The average Bonchev–Trinajstić information content (AvgIpc) is 2.29. The lowest BCUT2D eigenvalue weighted by molar-refractivity contribution is -0.145. The predicted molar refractivity (Wildman–Crippen MR) is 66.9 cm³/mol. The van der Waals surface area contributed by atoms with Gasteiger partial charge in [0.25, 0.3) is 0 Å². The third kappa shape index (κ3) is 4.02. The van der Waals surface area contributed by atoms with Gasteiger partial charge in [0.15, 0.2) is 0 Å². The molecule has 0 spiro atoms. The largest absolute Gasteiger partial charge is 0.496 e. The van der Waals surface area contributed by atoms with E-state index in [0.717, 1.165) is 4.47 Å². The van der Waals surface area contributed by atoms with E-state index in [2.05, 4.69) is 15.9 Å². The molecule has 94 valence electrons. The van der Waals surface area contributed by atoms with Crippen molar-refractivity contribution in [2.24, 2.45) is 0 Å². The molecule has 0 aliphatic carbocycles. The summed E-state index contributed by atoms with van der Waals surface area (Å²) in [6, 6.07) is 5.26. The molecular formula is C12H15BrO4. The Balaban J connectivity index is 2.83. The first-order valence-electron chi connectivity index (χ1n) is 5.25. The second kappa shape index (κ2) is 6.61. The van der Waals surface area contributed by atoms with E-state index in [0.29, 0.717) is 17.9 Å². The Kier molecular flexibility index (Phi) is 5.44. The van der Waals surface area contributed by atoms with Gasteiger partial charge in [0.1, 0.15) is 5.75 Å². The maximum absolute atomic E-state index is 11.3. The van der Waals surface area contributed by atoms with Gasteiger partial charge in [0.05, 0.1) is 26.2 Å². The van der Waals surface area contributed by atoms with E-state index >= 15 is 0 Å². The molecule has 5 heteroatoms. The van der Waals surface area contributed by atoms with Crippen molar-refractivity contribution in [3.63, 3.8) is 0 Å². The first-order valence-corrected chi connectivity index (χ1v) is 6.05. The van der Waals surface area contributed by atoms with Crippen LogP contribution >= 0.6 is 15.9 Å². The van der Waals surface area contributed by atoms with Gasteiger partial charge in [-0.1, -0.05) is 15.9 Å². The second-order valence-corrected chi connectivity index (χ2v) is 4.33. The zero-order valence-corrected chi connectivity index (χ0v) is 11.4. The van der Waals surface area contributed by atoms with E-state index in [-0.39, 0.29) is 6.42 Å². The zero-order chi connectivity index (χ0) is 12.8. The minimum Gasteiger partial charge on any atom is -0.496 e. The average molecular weight is 303 g/mol. The molecule has 0 radical (unpaired) electrons. The third-order valence-electron chi connectivity index (χ3n) is 2.22. The molecule has 0 bridgehead atoms. The molecule has 1 aromatic rings. The van der Waals surface area contributed by atoms with E-state index in [1.165, 1.54) is 7.11 Å².